The van der Waals surface area contributed by atoms with Gasteiger partial charge in [0.25, 0.3) is 0 Å². The van der Waals surface area contributed by atoms with Crippen LogP contribution in [-0.2, 0) is 16.3 Å². The Balaban J connectivity index is 2.47. The van der Waals surface area contributed by atoms with Crippen LogP contribution in [0.1, 0.15) is 4.88 Å². The molecule has 0 aliphatic carbocycles. The van der Waals surface area contributed by atoms with Crippen molar-refractivity contribution in [1.29, 1.82) is 0 Å². The third-order valence-corrected chi connectivity index (χ3v) is 3.30. The monoisotopic (exact) mass is 220 g/mol. The Morgan fingerprint density at radius 1 is 1.69 bits per heavy atom. The van der Waals surface area contributed by atoms with E-state index in [2.05, 4.69) is 4.98 Å². The Labute approximate surface area is 81.7 Å². The maximum Gasteiger partial charge on any atom is 0.148 e. The fourth-order valence-electron chi connectivity index (χ4n) is 1.05. The minimum Gasteiger partial charge on any atom is -0.326 e. The average molecular weight is 220 g/mol. The van der Waals surface area contributed by atoms with E-state index < -0.39 is 9.84 Å². The van der Waals surface area contributed by atoms with Crippen LogP contribution in [0.15, 0.2) is 11.7 Å². The van der Waals surface area contributed by atoms with E-state index in [0.717, 1.165) is 4.88 Å². The van der Waals surface area contributed by atoms with Gasteiger partial charge in [-0.2, -0.15) is 0 Å². The lowest BCUT2D eigenvalue weighted by Crippen LogP contribution is -2.30. The van der Waals surface area contributed by atoms with Crippen molar-refractivity contribution in [2.75, 3.05) is 12.0 Å². The second-order valence-electron chi connectivity index (χ2n) is 3.02. The van der Waals surface area contributed by atoms with Crippen LogP contribution < -0.4 is 5.73 Å². The summed E-state index contributed by atoms with van der Waals surface area (Å²) in [4.78, 5) is 4.91. The summed E-state index contributed by atoms with van der Waals surface area (Å²) in [6.45, 7) is 0. The molecule has 0 aliphatic heterocycles. The van der Waals surface area contributed by atoms with Crippen LogP contribution in [0.4, 0.5) is 0 Å². The molecule has 0 radical (unpaired) electrons. The van der Waals surface area contributed by atoms with Crippen molar-refractivity contribution < 1.29 is 8.42 Å². The molecule has 2 N–H and O–H groups in total. The van der Waals surface area contributed by atoms with Crippen LogP contribution in [0.5, 0.6) is 0 Å². The zero-order chi connectivity index (χ0) is 9.90. The van der Waals surface area contributed by atoms with E-state index in [1.807, 2.05) is 0 Å². The normalized spacial score (nSPS) is 14.3. The highest BCUT2D eigenvalue weighted by Crippen LogP contribution is 2.08. The van der Waals surface area contributed by atoms with Gasteiger partial charge in [0.2, 0.25) is 0 Å². The van der Waals surface area contributed by atoms with Gasteiger partial charge in [-0.05, 0) is 6.42 Å². The van der Waals surface area contributed by atoms with Gasteiger partial charge < -0.3 is 5.73 Å². The molecule has 1 aromatic heterocycles. The van der Waals surface area contributed by atoms with E-state index in [4.69, 9.17) is 5.73 Å². The highest BCUT2D eigenvalue weighted by molar-refractivity contribution is 7.90. The molecule has 1 heterocycles. The molecular formula is C7H12N2O2S2. The Morgan fingerprint density at radius 2 is 2.38 bits per heavy atom. The highest BCUT2D eigenvalue weighted by Gasteiger charge is 2.11. The molecule has 0 aromatic carbocycles. The van der Waals surface area contributed by atoms with Gasteiger partial charge in [-0.1, -0.05) is 0 Å². The van der Waals surface area contributed by atoms with Crippen LogP contribution in [0.25, 0.3) is 0 Å². The topological polar surface area (TPSA) is 73.0 Å². The number of hydrogen-bond acceptors (Lipinski definition) is 5. The summed E-state index contributed by atoms with van der Waals surface area (Å²) in [6.07, 6.45) is 3.49. The van der Waals surface area contributed by atoms with Gasteiger partial charge in [0, 0.05) is 23.4 Å². The zero-order valence-corrected chi connectivity index (χ0v) is 8.94. The van der Waals surface area contributed by atoms with E-state index in [0.29, 0.717) is 6.42 Å². The zero-order valence-electron chi connectivity index (χ0n) is 7.30. The van der Waals surface area contributed by atoms with Gasteiger partial charge in [-0.3, -0.25) is 4.98 Å². The van der Waals surface area contributed by atoms with E-state index in [-0.39, 0.29) is 11.8 Å². The van der Waals surface area contributed by atoms with Gasteiger partial charge in [0.05, 0.1) is 11.3 Å². The molecule has 1 atom stereocenters. The number of nitrogens with two attached hydrogens (primary N) is 1. The molecule has 1 unspecified atom stereocenters. The third kappa shape index (κ3) is 4.35. The Kier molecular flexibility index (Phi) is 3.40. The predicted molar refractivity (Wildman–Crippen MR) is 53.5 cm³/mol. The van der Waals surface area contributed by atoms with Crippen LogP contribution in [0.2, 0.25) is 0 Å². The van der Waals surface area contributed by atoms with Crippen molar-refractivity contribution in [2.24, 2.45) is 5.73 Å². The number of thiazole rings is 1. The molecular weight excluding hydrogens is 208 g/mol. The van der Waals surface area contributed by atoms with Crippen LogP contribution >= 0.6 is 11.3 Å². The molecule has 4 nitrogen and oxygen atoms in total. The van der Waals surface area contributed by atoms with Crippen molar-refractivity contribution in [3.8, 4) is 0 Å². The van der Waals surface area contributed by atoms with Crippen molar-refractivity contribution in [3.05, 3.63) is 16.6 Å². The SMILES string of the molecule is CS(=O)(=O)CC(N)Cc1cncs1. The summed E-state index contributed by atoms with van der Waals surface area (Å²) < 4.78 is 21.8. The molecule has 0 amide bonds. The summed E-state index contributed by atoms with van der Waals surface area (Å²) >= 11 is 1.49. The maximum absolute atomic E-state index is 10.9. The van der Waals surface area contributed by atoms with E-state index in [1.165, 1.54) is 17.6 Å². The van der Waals surface area contributed by atoms with Gasteiger partial charge in [-0.25, -0.2) is 8.42 Å². The first kappa shape index (κ1) is 10.6. The lowest BCUT2D eigenvalue weighted by Gasteiger charge is -2.07. The second kappa shape index (κ2) is 4.17. The van der Waals surface area contributed by atoms with E-state index >= 15 is 0 Å². The van der Waals surface area contributed by atoms with Gasteiger partial charge in [0.15, 0.2) is 0 Å². The smallest absolute Gasteiger partial charge is 0.148 e. The predicted octanol–water partition coefficient (Wildman–Crippen LogP) is 0.0575. The molecule has 1 rings (SSSR count). The van der Waals surface area contributed by atoms with Crippen molar-refractivity contribution in [2.45, 2.75) is 12.5 Å². The Morgan fingerprint density at radius 3 is 2.85 bits per heavy atom. The largest absolute Gasteiger partial charge is 0.326 e. The Bertz CT molecular complexity index is 345. The minimum absolute atomic E-state index is 0.0326. The van der Waals surface area contributed by atoms with Crippen molar-refractivity contribution in [1.82, 2.24) is 4.98 Å². The maximum atomic E-state index is 10.9. The first-order valence-corrected chi connectivity index (χ1v) is 6.72. The summed E-state index contributed by atoms with van der Waals surface area (Å²) in [5.41, 5.74) is 7.36. The molecule has 0 aliphatic rings. The summed E-state index contributed by atoms with van der Waals surface area (Å²) in [6, 6.07) is -0.324. The standard InChI is InChI=1S/C7H12N2O2S2/c1-13(10,11)4-6(8)2-7-3-9-5-12-7/h3,5-6H,2,4,8H2,1H3. The number of rotatable bonds is 4. The van der Waals surface area contributed by atoms with Gasteiger partial charge >= 0.3 is 0 Å². The van der Waals surface area contributed by atoms with Crippen LogP contribution in [-0.4, -0.2) is 31.5 Å². The van der Waals surface area contributed by atoms with E-state index in [1.54, 1.807) is 11.7 Å². The fourth-order valence-corrected chi connectivity index (χ4v) is 2.63. The molecule has 6 heteroatoms. The van der Waals surface area contributed by atoms with Crippen LogP contribution in [0.3, 0.4) is 0 Å². The van der Waals surface area contributed by atoms with Crippen molar-refractivity contribution in [3.63, 3.8) is 0 Å². The second-order valence-corrected chi connectivity index (χ2v) is 6.18. The van der Waals surface area contributed by atoms with E-state index in [9.17, 15) is 8.42 Å². The number of hydrogen-bond donors (Lipinski definition) is 1. The van der Waals surface area contributed by atoms with Gasteiger partial charge in [-0.15, -0.1) is 11.3 Å². The summed E-state index contributed by atoms with van der Waals surface area (Å²) in [5, 5.41) is 0. The van der Waals surface area contributed by atoms with Crippen molar-refractivity contribution >= 4 is 21.2 Å². The minimum atomic E-state index is -2.97. The lowest BCUT2D eigenvalue weighted by molar-refractivity contribution is 0.592. The highest BCUT2D eigenvalue weighted by atomic mass is 32.2. The Hall–Kier alpha value is -0.460. The lowest BCUT2D eigenvalue weighted by atomic mass is 10.2. The molecule has 13 heavy (non-hydrogen) atoms. The molecule has 0 fully saturated rings. The fraction of sp³-hybridized carbons (Fsp3) is 0.571. The number of nitrogens with zero attached hydrogens (tertiary/aromatic N) is 1. The molecule has 0 spiro atoms. The first-order chi connectivity index (χ1) is 5.97. The number of sulfone groups is 1. The number of aromatic nitrogens is 1. The van der Waals surface area contributed by atoms with Gasteiger partial charge in [0.1, 0.15) is 9.84 Å². The quantitative estimate of drug-likeness (QED) is 0.778. The molecule has 0 bridgehead atoms. The molecule has 1 aromatic rings. The first-order valence-electron chi connectivity index (χ1n) is 3.78. The average Bonchev–Trinajstić information content (AvgIpc) is 2.34. The molecule has 74 valence electrons. The molecule has 0 saturated heterocycles. The van der Waals surface area contributed by atoms with Crippen LogP contribution in [0, 0.1) is 0 Å². The summed E-state index contributed by atoms with van der Waals surface area (Å²) in [5.74, 6) is 0.0326. The summed E-state index contributed by atoms with van der Waals surface area (Å²) in [7, 11) is -2.97. The third-order valence-electron chi connectivity index (χ3n) is 1.46. The molecule has 0 saturated carbocycles.